The largest absolute Gasteiger partial charge is 0.480 e. The molecule has 5 nitrogen and oxygen atoms in total. The predicted octanol–water partition coefficient (Wildman–Crippen LogP) is 0.452. The Hall–Kier alpha value is -1.46. The third kappa shape index (κ3) is 2.20. The normalized spacial score (nSPS) is 24.6. The number of nitrogens with zero attached hydrogens (tertiary/aromatic N) is 1. The lowest BCUT2D eigenvalue weighted by atomic mass is 10.1. The van der Waals surface area contributed by atoms with Gasteiger partial charge >= 0.3 is 5.97 Å². The standard InChI is InChI=1S/C11H14N2O3/c14-6-8-2-1-7(5-12-8)9-3-4-10(13-9)11(15)16/h1-2,5,9-10,13-14H,3-4,6H2,(H,15,16). The molecular formula is C11H14N2O3. The highest BCUT2D eigenvalue weighted by Gasteiger charge is 2.29. The molecule has 2 unspecified atom stereocenters. The van der Waals surface area contributed by atoms with E-state index in [1.807, 2.05) is 6.07 Å². The van der Waals surface area contributed by atoms with Gasteiger partial charge in [0.1, 0.15) is 6.04 Å². The molecule has 0 spiro atoms. The number of carbonyl (C=O) groups is 1. The Morgan fingerprint density at radius 1 is 1.50 bits per heavy atom. The smallest absolute Gasteiger partial charge is 0.320 e. The molecule has 1 aliphatic rings. The zero-order valence-electron chi connectivity index (χ0n) is 8.76. The second-order valence-corrected chi connectivity index (χ2v) is 3.93. The van der Waals surface area contributed by atoms with Gasteiger partial charge in [-0.3, -0.25) is 15.1 Å². The first-order valence-corrected chi connectivity index (χ1v) is 5.25. The maximum atomic E-state index is 10.8. The van der Waals surface area contributed by atoms with Crippen molar-refractivity contribution in [3.63, 3.8) is 0 Å². The highest BCUT2D eigenvalue weighted by atomic mass is 16.4. The van der Waals surface area contributed by atoms with E-state index < -0.39 is 12.0 Å². The maximum absolute atomic E-state index is 10.8. The van der Waals surface area contributed by atoms with Gasteiger partial charge in [0.15, 0.2) is 0 Å². The molecule has 1 aromatic heterocycles. The molecule has 2 rings (SSSR count). The molecule has 86 valence electrons. The van der Waals surface area contributed by atoms with Crippen LogP contribution in [0.4, 0.5) is 0 Å². The molecule has 0 saturated carbocycles. The molecule has 1 aliphatic heterocycles. The number of aliphatic carboxylic acids is 1. The molecule has 0 aromatic carbocycles. The lowest BCUT2D eigenvalue weighted by molar-refractivity contribution is -0.139. The van der Waals surface area contributed by atoms with Gasteiger partial charge in [0.25, 0.3) is 0 Å². The SMILES string of the molecule is O=C(O)C1CCC(c2ccc(CO)nc2)N1. The van der Waals surface area contributed by atoms with E-state index >= 15 is 0 Å². The Morgan fingerprint density at radius 3 is 2.81 bits per heavy atom. The monoisotopic (exact) mass is 222 g/mol. The molecule has 5 heteroatoms. The van der Waals surface area contributed by atoms with Crippen molar-refractivity contribution < 1.29 is 15.0 Å². The van der Waals surface area contributed by atoms with E-state index in [9.17, 15) is 4.79 Å². The van der Waals surface area contributed by atoms with Crippen molar-refractivity contribution in [1.82, 2.24) is 10.3 Å². The molecule has 1 aromatic rings. The number of nitrogens with one attached hydrogen (secondary N) is 1. The molecule has 1 fully saturated rings. The van der Waals surface area contributed by atoms with Crippen molar-refractivity contribution in [2.75, 3.05) is 0 Å². The minimum Gasteiger partial charge on any atom is -0.480 e. The summed E-state index contributed by atoms with van der Waals surface area (Å²) in [6.45, 7) is -0.0733. The second-order valence-electron chi connectivity index (χ2n) is 3.93. The predicted molar refractivity (Wildman–Crippen MR) is 56.7 cm³/mol. The zero-order chi connectivity index (χ0) is 11.5. The van der Waals surface area contributed by atoms with Crippen molar-refractivity contribution in [2.24, 2.45) is 0 Å². The number of carboxylic acids is 1. The molecule has 3 N–H and O–H groups in total. The summed E-state index contributed by atoms with van der Waals surface area (Å²) in [7, 11) is 0. The average Bonchev–Trinajstić information content (AvgIpc) is 2.78. The first kappa shape index (κ1) is 11.0. The summed E-state index contributed by atoms with van der Waals surface area (Å²) in [5.41, 5.74) is 1.59. The van der Waals surface area contributed by atoms with Crippen LogP contribution in [-0.2, 0) is 11.4 Å². The van der Waals surface area contributed by atoms with E-state index in [0.29, 0.717) is 12.1 Å². The van der Waals surface area contributed by atoms with Crippen molar-refractivity contribution in [3.8, 4) is 0 Å². The molecule has 1 saturated heterocycles. The minimum absolute atomic E-state index is 0.0568. The number of aliphatic hydroxyl groups is 1. The van der Waals surface area contributed by atoms with Crippen LogP contribution in [0.5, 0.6) is 0 Å². The molecule has 0 amide bonds. The summed E-state index contributed by atoms with van der Waals surface area (Å²) in [4.78, 5) is 14.8. The quantitative estimate of drug-likeness (QED) is 0.691. The van der Waals surface area contributed by atoms with Crippen LogP contribution >= 0.6 is 0 Å². The Bertz CT molecular complexity index is 377. The van der Waals surface area contributed by atoms with Gasteiger partial charge in [-0.15, -0.1) is 0 Å². The lowest BCUT2D eigenvalue weighted by Crippen LogP contribution is -2.31. The zero-order valence-corrected chi connectivity index (χ0v) is 8.76. The fraction of sp³-hybridized carbons (Fsp3) is 0.455. The van der Waals surface area contributed by atoms with Crippen LogP contribution in [-0.4, -0.2) is 27.2 Å². The summed E-state index contributed by atoms with van der Waals surface area (Å²) < 4.78 is 0. The number of aromatic nitrogens is 1. The third-order valence-electron chi connectivity index (χ3n) is 2.86. The lowest BCUT2D eigenvalue weighted by Gasteiger charge is -2.11. The maximum Gasteiger partial charge on any atom is 0.320 e. The van der Waals surface area contributed by atoms with E-state index in [1.165, 1.54) is 0 Å². The average molecular weight is 222 g/mol. The van der Waals surface area contributed by atoms with Crippen molar-refractivity contribution >= 4 is 5.97 Å². The van der Waals surface area contributed by atoms with Crippen molar-refractivity contribution in [1.29, 1.82) is 0 Å². The van der Waals surface area contributed by atoms with Crippen LogP contribution in [0, 0.1) is 0 Å². The number of hydrogen-bond acceptors (Lipinski definition) is 4. The van der Waals surface area contributed by atoms with Gasteiger partial charge in [0, 0.05) is 12.2 Å². The highest BCUT2D eigenvalue weighted by molar-refractivity contribution is 5.73. The van der Waals surface area contributed by atoms with Crippen LogP contribution < -0.4 is 5.32 Å². The van der Waals surface area contributed by atoms with E-state index in [-0.39, 0.29) is 12.6 Å². The highest BCUT2D eigenvalue weighted by Crippen LogP contribution is 2.26. The van der Waals surface area contributed by atoms with Crippen LogP contribution in [0.25, 0.3) is 0 Å². The molecule has 0 radical (unpaired) electrons. The number of rotatable bonds is 3. The Balaban J connectivity index is 2.05. The minimum atomic E-state index is -0.803. The molecule has 0 bridgehead atoms. The Morgan fingerprint density at radius 2 is 2.31 bits per heavy atom. The van der Waals surface area contributed by atoms with E-state index in [2.05, 4.69) is 10.3 Å². The second kappa shape index (κ2) is 4.59. The fourth-order valence-electron chi connectivity index (χ4n) is 1.94. The summed E-state index contributed by atoms with van der Waals surface area (Å²) in [6, 6.07) is 3.23. The van der Waals surface area contributed by atoms with Crippen LogP contribution in [0.15, 0.2) is 18.3 Å². The van der Waals surface area contributed by atoms with E-state index in [1.54, 1.807) is 12.3 Å². The molecule has 2 heterocycles. The van der Waals surface area contributed by atoms with E-state index in [0.717, 1.165) is 12.0 Å². The Labute approximate surface area is 93.1 Å². The first-order chi connectivity index (χ1) is 7.70. The Kier molecular flexibility index (Phi) is 3.17. The summed E-state index contributed by atoms with van der Waals surface area (Å²) in [6.07, 6.45) is 3.13. The topological polar surface area (TPSA) is 82.5 Å². The van der Waals surface area contributed by atoms with Gasteiger partial charge in [-0.2, -0.15) is 0 Å². The molecule has 2 atom stereocenters. The van der Waals surface area contributed by atoms with Crippen molar-refractivity contribution in [3.05, 3.63) is 29.6 Å². The van der Waals surface area contributed by atoms with Crippen LogP contribution in [0.3, 0.4) is 0 Å². The summed E-state index contributed by atoms with van der Waals surface area (Å²) in [5, 5.41) is 20.7. The van der Waals surface area contributed by atoms with Crippen LogP contribution in [0.2, 0.25) is 0 Å². The summed E-state index contributed by atoms with van der Waals surface area (Å²) >= 11 is 0. The van der Waals surface area contributed by atoms with Gasteiger partial charge < -0.3 is 10.2 Å². The van der Waals surface area contributed by atoms with Crippen LogP contribution in [0.1, 0.15) is 30.1 Å². The number of carboxylic acid groups (broad SMARTS) is 1. The number of pyridine rings is 1. The molecule has 0 aliphatic carbocycles. The molecule has 16 heavy (non-hydrogen) atoms. The number of aliphatic hydroxyl groups excluding tert-OH is 1. The van der Waals surface area contributed by atoms with Gasteiger partial charge in [-0.1, -0.05) is 6.07 Å². The first-order valence-electron chi connectivity index (χ1n) is 5.25. The van der Waals surface area contributed by atoms with Gasteiger partial charge in [0.2, 0.25) is 0 Å². The number of hydrogen-bond donors (Lipinski definition) is 3. The van der Waals surface area contributed by atoms with Gasteiger partial charge in [-0.25, -0.2) is 0 Å². The van der Waals surface area contributed by atoms with Gasteiger partial charge in [-0.05, 0) is 24.5 Å². The molecular weight excluding hydrogens is 208 g/mol. The summed E-state index contributed by atoms with van der Waals surface area (Å²) in [5.74, 6) is -0.803. The third-order valence-corrected chi connectivity index (χ3v) is 2.86. The fourth-order valence-corrected chi connectivity index (χ4v) is 1.94. The van der Waals surface area contributed by atoms with Gasteiger partial charge in [0.05, 0.1) is 12.3 Å². The van der Waals surface area contributed by atoms with Crippen molar-refractivity contribution in [2.45, 2.75) is 31.5 Å². The van der Waals surface area contributed by atoms with E-state index in [4.69, 9.17) is 10.2 Å².